The fourth-order valence-electron chi connectivity index (χ4n) is 6.15. The smallest absolute Gasteiger partial charge is 0.305 e. The number of rotatable bonds is 10. The minimum Gasteiger partial charge on any atom is -0.481 e. The summed E-state index contributed by atoms with van der Waals surface area (Å²) < 4.78 is 4.19. The summed E-state index contributed by atoms with van der Waals surface area (Å²) in [5.41, 5.74) is 6.36. The van der Waals surface area contributed by atoms with Crippen LogP contribution in [-0.2, 0) is 22.7 Å². The molecule has 0 amide bonds. The van der Waals surface area contributed by atoms with E-state index in [1.807, 2.05) is 36.4 Å². The van der Waals surface area contributed by atoms with Gasteiger partial charge in [-0.05, 0) is 71.8 Å². The van der Waals surface area contributed by atoms with Crippen LogP contribution in [0.2, 0.25) is 0 Å². The minimum absolute atomic E-state index is 0.0816. The van der Waals surface area contributed by atoms with E-state index in [-0.39, 0.29) is 12.8 Å². The Kier molecular flexibility index (Phi) is 7.53. The third-order valence-electron chi connectivity index (χ3n) is 8.22. The Bertz CT molecular complexity index is 2140. The molecule has 0 atom stereocenters. The molecule has 0 saturated heterocycles. The van der Waals surface area contributed by atoms with Gasteiger partial charge in [-0.2, -0.15) is 0 Å². The van der Waals surface area contributed by atoms with Crippen molar-refractivity contribution in [1.82, 2.24) is 9.13 Å². The summed E-state index contributed by atoms with van der Waals surface area (Å²) >= 11 is 1.72. The van der Waals surface area contributed by atoms with Crippen molar-refractivity contribution < 1.29 is 19.8 Å². The van der Waals surface area contributed by atoms with Crippen molar-refractivity contribution in [3.05, 3.63) is 118 Å². The van der Waals surface area contributed by atoms with Gasteiger partial charge in [0.05, 0.1) is 12.8 Å². The summed E-state index contributed by atoms with van der Waals surface area (Å²) in [6.07, 6.45) is 8.67. The second kappa shape index (κ2) is 11.9. The summed E-state index contributed by atoms with van der Waals surface area (Å²) in [5, 5.41) is 23.0. The third kappa shape index (κ3) is 5.66. The van der Waals surface area contributed by atoms with E-state index in [1.165, 1.54) is 0 Å². The normalized spacial score (nSPS) is 12.1. The molecule has 0 bridgehead atoms. The SMILES string of the molecule is O=C(O)CCn1c2ccccc2c2cc(/C=C/c3ccc(/C=C/c4ccc5c(c4)c4ccccc4n5CCC(=O)O)s3)ccc21. The molecule has 0 aliphatic rings. The van der Waals surface area contributed by atoms with Crippen LogP contribution in [0.25, 0.3) is 67.9 Å². The van der Waals surface area contributed by atoms with Crippen molar-refractivity contribution >= 4 is 91.2 Å². The molecular weight excluding hydrogens is 580 g/mol. The molecule has 0 spiro atoms. The van der Waals surface area contributed by atoms with Crippen LogP contribution in [0.4, 0.5) is 0 Å². The highest BCUT2D eigenvalue weighted by molar-refractivity contribution is 7.13. The molecule has 0 fully saturated rings. The highest BCUT2D eigenvalue weighted by atomic mass is 32.1. The van der Waals surface area contributed by atoms with E-state index in [2.05, 4.69) is 94.1 Å². The predicted molar refractivity (Wildman–Crippen MR) is 186 cm³/mol. The summed E-state index contributed by atoms with van der Waals surface area (Å²) in [6.45, 7) is 0.869. The van der Waals surface area contributed by atoms with Crippen LogP contribution < -0.4 is 0 Å². The lowest BCUT2D eigenvalue weighted by atomic mass is 10.1. The standard InChI is InChI=1S/C38H30N2O4S/c41-37(42)19-21-39-33-7-3-1-5-29(33)31-23-25(11-17-35(31)39)9-13-27-15-16-28(45-27)14-10-26-12-18-36-32(24-26)30-6-2-4-8-34(30)40(36)22-20-38(43)44/h1-18,23-24H,19-22H2,(H,41,42)(H,43,44)/b13-9+,14-10+. The number of para-hydroxylation sites is 2. The van der Waals surface area contributed by atoms with Crippen LogP contribution in [-0.4, -0.2) is 31.3 Å². The molecule has 222 valence electrons. The number of aryl methyl sites for hydroxylation is 2. The molecule has 7 aromatic rings. The average molecular weight is 611 g/mol. The lowest BCUT2D eigenvalue weighted by molar-refractivity contribution is -0.138. The molecule has 0 aliphatic carbocycles. The minimum atomic E-state index is -0.801. The number of fused-ring (bicyclic) bond motifs is 6. The fourth-order valence-corrected chi connectivity index (χ4v) is 6.97. The van der Waals surface area contributed by atoms with Crippen molar-refractivity contribution in [3.8, 4) is 0 Å². The van der Waals surface area contributed by atoms with Crippen LogP contribution >= 0.6 is 11.3 Å². The molecule has 7 rings (SSSR count). The van der Waals surface area contributed by atoms with Crippen LogP contribution in [0, 0.1) is 0 Å². The molecule has 7 heteroatoms. The van der Waals surface area contributed by atoms with E-state index < -0.39 is 11.9 Å². The summed E-state index contributed by atoms with van der Waals surface area (Å²) in [4.78, 5) is 24.8. The molecular formula is C38H30N2O4S. The maximum absolute atomic E-state index is 11.2. The Morgan fingerprint density at radius 3 is 1.40 bits per heavy atom. The fraction of sp³-hybridized carbons (Fsp3) is 0.105. The number of hydrogen-bond donors (Lipinski definition) is 2. The second-order valence-corrected chi connectivity index (χ2v) is 12.2. The van der Waals surface area contributed by atoms with E-state index in [4.69, 9.17) is 0 Å². The third-order valence-corrected chi connectivity index (χ3v) is 9.23. The monoisotopic (exact) mass is 610 g/mol. The molecule has 3 heterocycles. The van der Waals surface area contributed by atoms with Crippen LogP contribution in [0.1, 0.15) is 33.7 Å². The maximum Gasteiger partial charge on any atom is 0.305 e. The van der Waals surface area contributed by atoms with E-state index >= 15 is 0 Å². The number of thiophene rings is 1. The van der Waals surface area contributed by atoms with Gasteiger partial charge >= 0.3 is 11.9 Å². The first-order valence-electron chi connectivity index (χ1n) is 14.9. The topological polar surface area (TPSA) is 84.5 Å². The Hall–Kier alpha value is -5.40. The highest BCUT2D eigenvalue weighted by Gasteiger charge is 2.13. The maximum atomic E-state index is 11.2. The van der Waals surface area contributed by atoms with Crippen molar-refractivity contribution in [1.29, 1.82) is 0 Å². The van der Waals surface area contributed by atoms with Gasteiger partial charge in [0.1, 0.15) is 0 Å². The van der Waals surface area contributed by atoms with Gasteiger partial charge in [-0.1, -0.05) is 60.7 Å². The first kappa shape index (κ1) is 28.4. The number of carboxylic acids is 2. The summed E-state index contributed by atoms with van der Waals surface area (Å²) in [7, 11) is 0. The number of carboxylic acid groups (broad SMARTS) is 2. The van der Waals surface area contributed by atoms with Gasteiger partial charge in [0.15, 0.2) is 0 Å². The van der Waals surface area contributed by atoms with Crippen LogP contribution in [0.15, 0.2) is 97.1 Å². The van der Waals surface area contributed by atoms with Crippen molar-refractivity contribution in [3.63, 3.8) is 0 Å². The number of aromatic nitrogens is 2. The first-order valence-corrected chi connectivity index (χ1v) is 15.7. The Balaban J connectivity index is 1.12. The Morgan fingerprint density at radius 2 is 0.956 bits per heavy atom. The van der Waals surface area contributed by atoms with Gasteiger partial charge < -0.3 is 19.3 Å². The molecule has 0 aliphatic heterocycles. The highest BCUT2D eigenvalue weighted by Crippen LogP contribution is 2.32. The lowest BCUT2D eigenvalue weighted by Crippen LogP contribution is -2.04. The van der Waals surface area contributed by atoms with Crippen LogP contribution in [0.3, 0.4) is 0 Å². The molecule has 0 saturated carbocycles. The van der Waals surface area contributed by atoms with Gasteiger partial charge in [-0.15, -0.1) is 11.3 Å². The van der Waals surface area contributed by atoms with E-state index in [1.54, 1.807) is 11.3 Å². The number of nitrogens with zero attached hydrogens (tertiary/aromatic N) is 2. The van der Waals surface area contributed by atoms with Crippen LogP contribution in [0.5, 0.6) is 0 Å². The van der Waals surface area contributed by atoms with Gasteiger partial charge in [0.25, 0.3) is 0 Å². The largest absolute Gasteiger partial charge is 0.481 e. The number of carbonyl (C=O) groups is 2. The van der Waals surface area contributed by atoms with Gasteiger partial charge in [-0.3, -0.25) is 9.59 Å². The number of aliphatic carboxylic acids is 2. The Labute approximate surface area is 263 Å². The molecule has 4 aromatic carbocycles. The van der Waals surface area contributed by atoms with Gasteiger partial charge in [-0.25, -0.2) is 0 Å². The van der Waals surface area contributed by atoms with E-state index in [0.29, 0.717) is 13.1 Å². The van der Waals surface area contributed by atoms with Gasteiger partial charge in [0.2, 0.25) is 0 Å². The Morgan fingerprint density at radius 1 is 0.533 bits per heavy atom. The van der Waals surface area contributed by atoms with Gasteiger partial charge in [0, 0.05) is 66.5 Å². The molecule has 0 radical (unpaired) electrons. The molecule has 0 unspecified atom stereocenters. The van der Waals surface area contributed by atoms with Crippen molar-refractivity contribution in [2.45, 2.75) is 25.9 Å². The lowest BCUT2D eigenvalue weighted by Gasteiger charge is -2.05. The molecule has 45 heavy (non-hydrogen) atoms. The second-order valence-electron chi connectivity index (χ2n) is 11.1. The molecule has 3 aromatic heterocycles. The van der Waals surface area contributed by atoms with Crippen molar-refractivity contribution in [2.75, 3.05) is 0 Å². The van der Waals surface area contributed by atoms with Crippen molar-refractivity contribution in [2.24, 2.45) is 0 Å². The quantitative estimate of drug-likeness (QED) is 0.162. The number of benzene rings is 4. The average Bonchev–Trinajstić information content (AvgIpc) is 3.73. The number of hydrogen-bond acceptors (Lipinski definition) is 3. The summed E-state index contributed by atoms with van der Waals surface area (Å²) in [5.74, 6) is -1.60. The predicted octanol–water partition coefficient (Wildman–Crippen LogP) is 9.25. The first-order chi connectivity index (χ1) is 21.9. The molecule has 6 nitrogen and oxygen atoms in total. The van der Waals surface area contributed by atoms with E-state index in [0.717, 1.165) is 64.5 Å². The van der Waals surface area contributed by atoms with E-state index in [9.17, 15) is 19.8 Å². The molecule has 2 N–H and O–H groups in total. The zero-order valence-electron chi connectivity index (χ0n) is 24.4. The zero-order chi connectivity index (χ0) is 30.9. The zero-order valence-corrected chi connectivity index (χ0v) is 25.2. The summed E-state index contributed by atoms with van der Waals surface area (Å²) in [6, 6.07) is 33.2.